The van der Waals surface area contributed by atoms with Gasteiger partial charge in [0.2, 0.25) is 5.85 Å². The number of hydrogen-bond acceptors (Lipinski definition) is 11. The van der Waals surface area contributed by atoms with E-state index >= 15 is 4.39 Å². The van der Waals surface area contributed by atoms with E-state index in [0.29, 0.717) is 18.4 Å². The zero-order valence-electron chi connectivity index (χ0n) is 28.0. The fraction of sp³-hybridized carbons (Fsp3) is 0.471. The van der Waals surface area contributed by atoms with Crippen molar-refractivity contribution in [3.63, 3.8) is 0 Å². The van der Waals surface area contributed by atoms with Crippen molar-refractivity contribution in [3.8, 4) is 5.75 Å². The van der Waals surface area contributed by atoms with E-state index in [2.05, 4.69) is 10.1 Å². The number of carbonyl (C=O) groups excluding carboxylic acids is 2. The zero-order valence-corrected chi connectivity index (χ0v) is 28.8. The minimum atomic E-state index is -4.57. The minimum absolute atomic E-state index is 0.0940. The maximum absolute atomic E-state index is 17.1. The van der Waals surface area contributed by atoms with Gasteiger partial charge in [0, 0.05) is 12.3 Å². The van der Waals surface area contributed by atoms with E-state index in [1.54, 1.807) is 48.5 Å². The van der Waals surface area contributed by atoms with Crippen LogP contribution < -0.4 is 20.9 Å². The topological polar surface area (TPSA) is 173 Å². The van der Waals surface area contributed by atoms with Crippen molar-refractivity contribution in [3.05, 3.63) is 99.3 Å². The third kappa shape index (κ3) is 8.88. The second-order valence-corrected chi connectivity index (χ2v) is 14.2. The van der Waals surface area contributed by atoms with E-state index < -0.39 is 67.4 Å². The number of esters is 1. The highest BCUT2D eigenvalue weighted by Gasteiger charge is 2.65. The van der Waals surface area contributed by atoms with Crippen molar-refractivity contribution in [2.75, 3.05) is 6.61 Å². The van der Waals surface area contributed by atoms with Crippen LogP contribution in [-0.2, 0) is 39.4 Å². The van der Waals surface area contributed by atoms with Crippen LogP contribution in [0.5, 0.6) is 5.75 Å². The number of alkyl halides is 1. The van der Waals surface area contributed by atoms with Crippen LogP contribution in [-0.4, -0.2) is 51.9 Å². The van der Waals surface area contributed by atoms with Crippen LogP contribution in [0.2, 0.25) is 0 Å². The second-order valence-electron chi connectivity index (χ2n) is 12.5. The number of carbonyl (C=O) groups is 2. The standard InChI is InChI=1S/C34H41FN3O11P/c1-23(29(40)46-26-15-9-5-10-16-26)37-50(43,49-27-17-11-6-12-18-27)45-22-34(35)24(2)33(3,30(47-34)38-20-19-28(39)36-31(38)41)48-32(42)44-21-25-13-7-4-8-14-25/h4,6-8,11-14,17-20,23-24,26,30H,5,9-10,15-16,21-22H2,1-3H3,(H,37,43)(H,36,39,41)/t23-,24+,30-,33-,34-,50?/m1/s1. The summed E-state index contributed by atoms with van der Waals surface area (Å²) in [6.45, 7) is 2.84. The zero-order chi connectivity index (χ0) is 35.9. The van der Waals surface area contributed by atoms with Crippen molar-refractivity contribution in [1.82, 2.24) is 14.6 Å². The van der Waals surface area contributed by atoms with Gasteiger partial charge in [0.25, 0.3) is 5.56 Å². The van der Waals surface area contributed by atoms with E-state index in [0.717, 1.165) is 36.1 Å². The first-order chi connectivity index (χ1) is 23.8. The first-order valence-corrected chi connectivity index (χ1v) is 17.9. The fourth-order valence-corrected chi connectivity index (χ4v) is 7.34. The van der Waals surface area contributed by atoms with Crippen LogP contribution in [0.1, 0.15) is 64.7 Å². The molecule has 16 heteroatoms. The van der Waals surface area contributed by atoms with Gasteiger partial charge in [-0.25, -0.2) is 18.5 Å². The molecule has 2 N–H and O–H groups in total. The van der Waals surface area contributed by atoms with E-state index in [4.69, 9.17) is 28.0 Å². The Morgan fingerprint density at radius 2 is 1.72 bits per heavy atom. The summed E-state index contributed by atoms with van der Waals surface area (Å²) < 4.78 is 65.8. The Balaban J connectivity index is 1.38. The van der Waals surface area contributed by atoms with E-state index in [9.17, 15) is 23.7 Å². The van der Waals surface area contributed by atoms with Gasteiger partial charge in [-0.3, -0.25) is 23.7 Å². The Bertz CT molecular complexity index is 1790. The number of H-pyrrole nitrogens is 1. The summed E-state index contributed by atoms with van der Waals surface area (Å²) in [4.78, 5) is 52.7. The SMILES string of the molecule is C[C@@H](NP(=O)(OC[C@@]1(F)O[C@@H](n2ccc(=O)[nH]c2=O)[C@](C)(OC(=O)OCc2ccccc2)[C@@H]1C)Oc1ccccc1)C(=O)OC1CCCCC1. The maximum Gasteiger partial charge on any atom is 0.509 e. The van der Waals surface area contributed by atoms with Crippen LogP contribution in [0.25, 0.3) is 0 Å². The molecule has 1 aromatic heterocycles. The lowest BCUT2D eigenvalue weighted by Gasteiger charge is -2.33. The summed E-state index contributed by atoms with van der Waals surface area (Å²) in [5, 5.41) is 2.54. The molecule has 1 saturated heterocycles. The molecule has 2 aromatic carbocycles. The van der Waals surface area contributed by atoms with Gasteiger partial charge < -0.3 is 23.5 Å². The Labute approximate surface area is 287 Å². The monoisotopic (exact) mass is 717 g/mol. The number of aromatic amines is 1. The van der Waals surface area contributed by atoms with Crippen molar-refractivity contribution < 1.29 is 46.5 Å². The molecule has 270 valence electrons. The van der Waals surface area contributed by atoms with Gasteiger partial charge in [-0.15, -0.1) is 0 Å². The molecule has 5 rings (SSSR count). The molecule has 2 aliphatic rings. The molecule has 2 fully saturated rings. The highest BCUT2D eigenvalue weighted by Crippen LogP contribution is 2.54. The molecule has 14 nitrogen and oxygen atoms in total. The van der Waals surface area contributed by atoms with Gasteiger partial charge in [0.15, 0.2) is 11.8 Å². The average molecular weight is 718 g/mol. The molecule has 0 spiro atoms. The highest BCUT2D eigenvalue weighted by molar-refractivity contribution is 7.52. The lowest BCUT2D eigenvalue weighted by Crippen LogP contribution is -2.48. The van der Waals surface area contributed by atoms with Crippen LogP contribution in [0.4, 0.5) is 9.18 Å². The Morgan fingerprint density at radius 1 is 1.06 bits per heavy atom. The normalized spacial score (nSPS) is 25.6. The Hall–Kier alpha value is -4.30. The van der Waals surface area contributed by atoms with Crippen molar-refractivity contribution in [1.29, 1.82) is 0 Å². The van der Waals surface area contributed by atoms with Crippen LogP contribution in [0.3, 0.4) is 0 Å². The summed E-state index contributed by atoms with van der Waals surface area (Å²) >= 11 is 0. The van der Waals surface area contributed by atoms with Gasteiger partial charge in [0.05, 0.1) is 5.92 Å². The molecule has 1 aliphatic carbocycles. The minimum Gasteiger partial charge on any atom is -0.461 e. The van der Waals surface area contributed by atoms with E-state index in [-0.39, 0.29) is 18.5 Å². The van der Waals surface area contributed by atoms with E-state index in [1.165, 1.54) is 32.9 Å². The fourth-order valence-electron chi connectivity index (χ4n) is 5.84. The van der Waals surface area contributed by atoms with Crippen molar-refractivity contribution in [2.24, 2.45) is 5.92 Å². The largest absolute Gasteiger partial charge is 0.509 e. The molecule has 0 bridgehead atoms. The summed E-state index contributed by atoms with van der Waals surface area (Å²) in [6.07, 6.45) is 2.27. The van der Waals surface area contributed by atoms with Crippen molar-refractivity contribution >= 4 is 19.9 Å². The number of hydrogen-bond donors (Lipinski definition) is 2. The molecule has 0 radical (unpaired) electrons. The summed E-state index contributed by atoms with van der Waals surface area (Å²) in [5.41, 5.74) is -3.00. The predicted octanol–water partition coefficient (Wildman–Crippen LogP) is 5.54. The van der Waals surface area contributed by atoms with E-state index in [1.807, 2.05) is 0 Å². The molecule has 1 aliphatic heterocycles. The highest BCUT2D eigenvalue weighted by atomic mass is 31.2. The molecule has 0 amide bonds. The molecular weight excluding hydrogens is 676 g/mol. The van der Waals surface area contributed by atoms with Crippen LogP contribution in [0.15, 0.2) is 82.5 Å². The Kier molecular flexibility index (Phi) is 11.6. The number of para-hydroxylation sites is 1. The van der Waals surface area contributed by atoms with Gasteiger partial charge >= 0.3 is 25.6 Å². The molecule has 1 unspecified atom stereocenters. The average Bonchev–Trinajstić information content (AvgIpc) is 3.28. The molecule has 3 aromatic rings. The summed E-state index contributed by atoms with van der Waals surface area (Å²) in [5.74, 6) is -4.90. The number of halogens is 1. The first kappa shape index (κ1) is 37.0. The van der Waals surface area contributed by atoms with Crippen molar-refractivity contribution in [2.45, 2.75) is 89.3 Å². The smallest absolute Gasteiger partial charge is 0.461 e. The predicted molar refractivity (Wildman–Crippen MR) is 177 cm³/mol. The number of rotatable bonds is 13. The van der Waals surface area contributed by atoms with Crippen LogP contribution >= 0.6 is 7.75 Å². The second kappa shape index (κ2) is 15.7. The molecular formula is C34H41FN3O11P. The van der Waals surface area contributed by atoms with Gasteiger partial charge in [-0.1, -0.05) is 61.9 Å². The van der Waals surface area contributed by atoms with Gasteiger partial charge in [-0.05, 0) is 57.2 Å². The first-order valence-electron chi connectivity index (χ1n) is 16.4. The van der Waals surface area contributed by atoms with Gasteiger partial charge in [-0.2, -0.15) is 5.09 Å². The maximum atomic E-state index is 17.1. The summed E-state index contributed by atoms with van der Waals surface area (Å²) in [7, 11) is -4.57. The molecule has 50 heavy (non-hydrogen) atoms. The third-order valence-electron chi connectivity index (χ3n) is 8.85. The number of nitrogens with zero attached hydrogens (tertiary/aromatic N) is 1. The third-order valence-corrected chi connectivity index (χ3v) is 10.5. The lowest BCUT2D eigenvalue weighted by molar-refractivity contribution is -0.191. The summed E-state index contributed by atoms with van der Waals surface area (Å²) in [6, 6.07) is 16.5. The quantitative estimate of drug-likeness (QED) is 0.167. The van der Waals surface area contributed by atoms with Gasteiger partial charge in [0.1, 0.15) is 31.1 Å². The lowest BCUT2D eigenvalue weighted by atomic mass is 9.86. The number of aromatic nitrogens is 2. The number of nitrogens with one attached hydrogen (secondary N) is 2. The molecule has 6 atom stereocenters. The van der Waals surface area contributed by atoms with Crippen LogP contribution in [0, 0.1) is 5.92 Å². The Morgan fingerprint density at radius 3 is 2.38 bits per heavy atom. The molecule has 2 heterocycles. The molecule has 1 saturated carbocycles. The number of benzene rings is 2. The number of ether oxygens (including phenoxy) is 4.